The lowest BCUT2D eigenvalue weighted by Gasteiger charge is -2.33. The Hall–Kier alpha value is -1.78. The smallest absolute Gasteiger partial charge is 0.252 e. The molecule has 2 aromatic rings. The number of aromatic nitrogens is 2. The summed E-state index contributed by atoms with van der Waals surface area (Å²) in [6.45, 7) is 4.60. The maximum Gasteiger partial charge on any atom is 0.252 e. The molecule has 164 valence electrons. The van der Waals surface area contributed by atoms with Gasteiger partial charge in [0.05, 0.1) is 5.92 Å². The van der Waals surface area contributed by atoms with E-state index in [0.717, 1.165) is 49.4 Å². The maximum absolute atomic E-state index is 13.2. The Labute approximate surface area is 181 Å². The topological polar surface area (TPSA) is 105 Å². The van der Waals surface area contributed by atoms with E-state index in [0.29, 0.717) is 30.2 Å². The highest BCUT2D eigenvalue weighted by atomic mass is 32.2. The molecule has 1 N–H and O–H groups in total. The van der Waals surface area contributed by atoms with Crippen LogP contribution in [0.25, 0.3) is 11.4 Å². The van der Waals surface area contributed by atoms with E-state index in [-0.39, 0.29) is 28.6 Å². The lowest BCUT2D eigenvalue weighted by molar-refractivity contribution is -0.127. The number of carbonyl (C=O) groups excluding carboxylic acids is 1. The first kappa shape index (κ1) is 21.5. The Bertz CT molecular complexity index is 992. The summed E-state index contributed by atoms with van der Waals surface area (Å²) in [5.74, 6) is 1.22. The van der Waals surface area contributed by atoms with Crippen LogP contribution in [0.15, 0.2) is 20.2 Å². The van der Waals surface area contributed by atoms with E-state index >= 15 is 0 Å². The van der Waals surface area contributed by atoms with Crippen LogP contribution in [-0.4, -0.2) is 47.9 Å². The second-order valence-electron chi connectivity index (χ2n) is 8.46. The fourth-order valence-electron chi connectivity index (χ4n) is 4.21. The van der Waals surface area contributed by atoms with Gasteiger partial charge in [0.25, 0.3) is 10.0 Å². The number of sulfonamides is 1. The molecule has 0 aromatic carbocycles. The van der Waals surface area contributed by atoms with Crippen molar-refractivity contribution in [2.75, 3.05) is 13.1 Å². The molecule has 1 saturated heterocycles. The first-order valence-electron chi connectivity index (χ1n) is 10.5. The van der Waals surface area contributed by atoms with Gasteiger partial charge in [-0.05, 0) is 50.5 Å². The lowest BCUT2D eigenvalue weighted by atomic mass is 9.87. The predicted octanol–water partition coefficient (Wildman–Crippen LogP) is 3.20. The van der Waals surface area contributed by atoms with Crippen LogP contribution >= 0.6 is 11.3 Å². The highest BCUT2D eigenvalue weighted by Crippen LogP contribution is 2.31. The molecule has 1 saturated carbocycles. The molecule has 1 aliphatic heterocycles. The quantitative estimate of drug-likeness (QED) is 0.747. The van der Waals surface area contributed by atoms with E-state index in [2.05, 4.69) is 22.4 Å². The minimum atomic E-state index is -3.66. The molecule has 10 heteroatoms. The molecule has 0 spiro atoms. The van der Waals surface area contributed by atoms with Gasteiger partial charge in [-0.15, -0.1) is 11.3 Å². The zero-order valence-corrected chi connectivity index (χ0v) is 19.0. The summed E-state index contributed by atoms with van der Waals surface area (Å²) in [5.41, 5.74) is 0.619. The Balaban J connectivity index is 1.42. The third-order valence-corrected chi connectivity index (χ3v) is 9.35. The number of amides is 1. The fourth-order valence-corrected chi connectivity index (χ4v) is 7.05. The molecule has 1 atom stereocenters. The van der Waals surface area contributed by atoms with Gasteiger partial charge >= 0.3 is 0 Å². The van der Waals surface area contributed by atoms with Crippen molar-refractivity contribution in [1.29, 1.82) is 0 Å². The van der Waals surface area contributed by atoms with Gasteiger partial charge in [0, 0.05) is 37.0 Å². The summed E-state index contributed by atoms with van der Waals surface area (Å²) in [4.78, 5) is 16.9. The molecule has 0 radical (unpaired) electrons. The summed E-state index contributed by atoms with van der Waals surface area (Å²) in [6, 6.07) is 1.80. The van der Waals surface area contributed by atoms with E-state index in [9.17, 15) is 13.2 Å². The van der Waals surface area contributed by atoms with E-state index in [1.165, 1.54) is 4.31 Å². The Morgan fingerprint density at radius 3 is 2.73 bits per heavy atom. The summed E-state index contributed by atoms with van der Waals surface area (Å²) in [7, 11) is -3.66. The molecule has 0 bridgehead atoms. The van der Waals surface area contributed by atoms with Crippen molar-refractivity contribution in [2.45, 2.75) is 62.6 Å². The minimum Gasteiger partial charge on any atom is -0.353 e. The lowest BCUT2D eigenvalue weighted by Crippen LogP contribution is -2.48. The summed E-state index contributed by atoms with van der Waals surface area (Å²) in [6.07, 6.45) is 5.69. The molecule has 0 unspecified atom stereocenters. The van der Waals surface area contributed by atoms with Crippen LogP contribution in [0.1, 0.15) is 51.3 Å². The van der Waals surface area contributed by atoms with Gasteiger partial charge in [-0.3, -0.25) is 4.79 Å². The van der Waals surface area contributed by atoms with Gasteiger partial charge in [0.1, 0.15) is 4.21 Å². The minimum absolute atomic E-state index is 0.0106. The molecule has 8 nitrogen and oxygen atoms in total. The van der Waals surface area contributed by atoms with Crippen molar-refractivity contribution in [1.82, 2.24) is 19.8 Å². The Kier molecular flexibility index (Phi) is 6.26. The molecule has 2 fully saturated rings. The first-order chi connectivity index (χ1) is 14.3. The third kappa shape index (κ3) is 4.60. The first-order valence-corrected chi connectivity index (χ1v) is 12.8. The number of rotatable bonds is 5. The van der Waals surface area contributed by atoms with Gasteiger partial charge < -0.3 is 9.84 Å². The summed E-state index contributed by atoms with van der Waals surface area (Å²) in [5, 5.41) is 8.73. The van der Waals surface area contributed by atoms with Crippen molar-refractivity contribution in [3.8, 4) is 11.4 Å². The van der Waals surface area contributed by atoms with Gasteiger partial charge in [-0.25, -0.2) is 8.42 Å². The largest absolute Gasteiger partial charge is 0.353 e. The Morgan fingerprint density at radius 1 is 1.27 bits per heavy atom. The normalized spacial score (nSPS) is 25.9. The summed E-state index contributed by atoms with van der Waals surface area (Å²) < 4.78 is 33.0. The second kappa shape index (κ2) is 8.76. The number of aryl methyl sites for hydroxylation is 1. The number of hydrogen-bond acceptors (Lipinski definition) is 7. The van der Waals surface area contributed by atoms with E-state index < -0.39 is 10.0 Å². The van der Waals surface area contributed by atoms with Crippen molar-refractivity contribution in [3.63, 3.8) is 0 Å². The number of nitrogens with zero attached hydrogens (tertiary/aromatic N) is 3. The van der Waals surface area contributed by atoms with Crippen molar-refractivity contribution < 1.29 is 17.7 Å². The van der Waals surface area contributed by atoms with Gasteiger partial charge in [0.15, 0.2) is 0 Å². The van der Waals surface area contributed by atoms with Crippen LogP contribution in [0.2, 0.25) is 0 Å². The van der Waals surface area contributed by atoms with Crippen LogP contribution in [-0.2, 0) is 14.8 Å². The van der Waals surface area contributed by atoms with Crippen LogP contribution in [0.3, 0.4) is 0 Å². The highest BCUT2D eigenvalue weighted by molar-refractivity contribution is 7.91. The van der Waals surface area contributed by atoms with E-state index in [1.54, 1.807) is 18.4 Å². The second-order valence-corrected chi connectivity index (χ2v) is 11.5. The van der Waals surface area contributed by atoms with Crippen LogP contribution < -0.4 is 5.32 Å². The zero-order chi connectivity index (χ0) is 21.3. The van der Waals surface area contributed by atoms with Crippen LogP contribution in [0.5, 0.6) is 0 Å². The van der Waals surface area contributed by atoms with Gasteiger partial charge in [-0.1, -0.05) is 12.1 Å². The number of thiophene rings is 1. The van der Waals surface area contributed by atoms with Gasteiger partial charge in [-0.2, -0.15) is 9.29 Å². The van der Waals surface area contributed by atoms with Crippen LogP contribution in [0.4, 0.5) is 0 Å². The predicted molar refractivity (Wildman–Crippen MR) is 113 cm³/mol. The number of carbonyl (C=O) groups is 1. The monoisotopic (exact) mass is 452 g/mol. The number of piperidine rings is 1. The average molecular weight is 453 g/mol. The number of hydrogen-bond donors (Lipinski definition) is 1. The maximum atomic E-state index is 13.2. The molecule has 4 rings (SSSR count). The average Bonchev–Trinajstić information content (AvgIpc) is 3.39. The van der Waals surface area contributed by atoms with Crippen molar-refractivity contribution >= 4 is 27.3 Å². The van der Waals surface area contributed by atoms with Gasteiger partial charge in [0.2, 0.25) is 17.6 Å². The van der Waals surface area contributed by atoms with Crippen molar-refractivity contribution in [2.24, 2.45) is 11.8 Å². The highest BCUT2D eigenvalue weighted by Gasteiger charge is 2.35. The molecular weight excluding hydrogens is 424 g/mol. The molecule has 30 heavy (non-hydrogen) atoms. The molecular formula is C20H28N4O4S2. The fraction of sp³-hybridized carbons (Fsp3) is 0.650. The van der Waals surface area contributed by atoms with E-state index in [1.807, 2.05) is 0 Å². The SMILES string of the molecule is Cc1nc(-c2csc(S(=O)(=O)N3CCC[C@@H](C(=O)NC4CCC(C)CC4)C3)c2)no1. The zero-order valence-electron chi connectivity index (χ0n) is 17.3. The standard InChI is InChI=1S/C20H28N4O4S2/c1-13-5-7-17(8-6-13)22-20(25)15-4-3-9-24(11-15)30(26,27)18-10-16(12-29-18)19-21-14(2)28-23-19/h10,12-13,15,17H,3-9,11H2,1-2H3,(H,22,25)/t13?,15-,17?/m1/s1. The molecule has 2 aliphatic rings. The molecule has 1 aliphatic carbocycles. The molecule has 3 heterocycles. The van der Waals surface area contributed by atoms with Crippen molar-refractivity contribution in [3.05, 3.63) is 17.3 Å². The molecule has 2 aromatic heterocycles. The summed E-state index contributed by atoms with van der Waals surface area (Å²) >= 11 is 1.14. The van der Waals surface area contributed by atoms with E-state index in [4.69, 9.17) is 4.52 Å². The van der Waals surface area contributed by atoms with Crippen LogP contribution in [0, 0.1) is 18.8 Å². The third-order valence-electron chi connectivity index (χ3n) is 6.07. The Morgan fingerprint density at radius 2 is 2.03 bits per heavy atom. The molecule has 1 amide bonds. The number of nitrogens with one attached hydrogen (secondary N) is 1.